The first-order valence-electron chi connectivity index (χ1n) is 5.76. The predicted octanol–water partition coefficient (Wildman–Crippen LogP) is 1.33. The number of rotatable bonds is 4. The number of nitrogens with zero attached hydrogens (tertiary/aromatic N) is 1. The molecule has 19 heavy (non-hydrogen) atoms. The fourth-order valence-corrected chi connectivity index (χ4v) is 2.03. The van der Waals surface area contributed by atoms with Gasteiger partial charge in [0.25, 0.3) is 11.6 Å². The molecule has 0 aliphatic heterocycles. The predicted molar refractivity (Wildman–Crippen MR) is 64.8 cm³/mol. The Hall–Kier alpha value is -2.44. The normalized spacial score (nSPS) is 16.2. The number of nitro groups is 1. The number of benzene rings is 1. The summed E-state index contributed by atoms with van der Waals surface area (Å²) in [5.41, 5.74) is -1.74. The summed E-state index contributed by atoms with van der Waals surface area (Å²) in [7, 11) is 0. The van der Waals surface area contributed by atoms with Crippen molar-refractivity contribution in [2.45, 2.75) is 24.8 Å². The van der Waals surface area contributed by atoms with Crippen LogP contribution in [0.25, 0.3) is 0 Å². The third kappa shape index (κ3) is 2.26. The standard InChI is InChI=1S/C12H12N2O5/c15-10(13-12(11(16)17)6-3-7-12)8-4-1-2-5-9(8)14(18)19/h1-2,4-5H,3,6-7H2,(H,13,15)(H,16,17). The molecule has 1 aliphatic carbocycles. The molecule has 0 bridgehead atoms. The second kappa shape index (κ2) is 4.68. The van der Waals surface area contributed by atoms with Crippen LogP contribution in [0.15, 0.2) is 24.3 Å². The van der Waals surface area contributed by atoms with E-state index in [2.05, 4.69) is 5.32 Å². The SMILES string of the molecule is O=C(NC1(C(=O)O)CCC1)c1ccccc1[N+](=O)[O-]. The Labute approximate surface area is 108 Å². The number of aliphatic carboxylic acids is 1. The van der Waals surface area contributed by atoms with E-state index in [1.807, 2.05) is 0 Å². The lowest BCUT2D eigenvalue weighted by molar-refractivity contribution is -0.385. The monoisotopic (exact) mass is 264 g/mol. The molecular weight excluding hydrogens is 252 g/mol. The Morgan fingerprint density at radius 1 is 1.32 bits per heavy atom. The fraction of sp³-hybridized carbons (Fsp3) is 0.333. The van der Waals surface area contributed by atoms with Crippen molar-refractivity contribution < 1.29 is 19.6 Å². The van der Waals surface area contributed by atoms with Gasteiger partial charge in [-0.3, -0.25) is 14.9 Å². The van der Waals surface area contributed by atoms with Crippen molar-refractivity contribution in [3.63, 3.8) is 0 Å². The fourth-order valence-electron chi connectivity index (χ4n) is 2.03. The molecule has 1 aliphatic rings. The van der Waals surface area contributed by atoms with Crippen molar-refractivity contribution in [3.8, 4) is 0 Å². The van der Waals surface area contributed by atoms with Crippen LogP contribution in [0.3, 0.4) is 0 Å². The van der Waals surface area contributed by atoms with E-state index < -0.39 is 22.3 Å². The van der Waals surface area contributed by atoms with E-state index in [0.717, 1.165) is 0 Å². The van der Waals surface area contributed by atoms with Crippen LogP contribution in [0.2, 0.25) is 0 Å². The van der Waals surface area contributed by atoms with Gasteiger partial charge in [-0.1, -0.05) is 12.1 Å². The molecule has 7 heteroatoms. The molecule has 1 fully saturated rings. The van der Waals surface area contributed by atoms with E-state index in [1.165, 1.54) is 24.3 Å². The lowest BCUT2D eigenvalue weighted by atomic mass is 9.76. The molecule has 2 N–H and O–H groups in total. The lowest BCUT2D eigenvalue weighted by Crippen LogP contribution is -2.59. The average Bonchev–Trinajstić information content (AvgIpc) is 2.33. The van der Waals surface area contributed by atoms with Crippen molar-refractivity contribution in [1.82, 2.24) is 5.32 Å². The number of para-hydroxylation sites is 1. The number of hydrogen-bond donors (Lipinski definition) is 2. The summed E-state index contributed by atoms with van der Waals surface area (Å²) in [5.74, 6) is -1.83. The lowest BCUT2D eigenvalue weighted by Gasteiger charge is -2.38. The molecule has 7 nitrogen and oxygen atoms in total. The van der Waals surface area contributed by atoms with Crippen molar-refractivity contribution in [1.29, 1.82) is 0 Å². The topological polar surface area (TPSA) is 110 Å². The smallest absolute Gasteiger partial charge is 0.329 e. The molecule has 0 spiro atoms. The van der Waals surface area contributed by atoms with Gasteiger partial charge in [-0.15, -0.1) is 0 Å². The minimum Gasteiger partial charge on any atom is -0.480 e. The van der Waals surface area contributed by atoms with Crippen molar-refractivity contribution >= 4 is 17.6 Å². The van der Waals surface area contributed by atoms with E-state index in [4.69, 9.17) is 5.11 Å². The van der Waals surface area contributed by atoms with Crippen LogP contribution in [0.1, 0.15) is 29.6 Å². The molecule has 100 valence electrons. The van der Waals surface area contributed by atoms with Crippen LogP contribution in [0.4, 0.5) is 5.69 Å². The Balaban J connectivity index is 2.26. The largest absolute Gasteiger partial charge is 0.480 e. The van der Waals surface area contributed by atoms with Crippen LogP contribution in [0, 0.1) is 10.1 Å². The van der Waals surface area contributed by atoms with E-state index in [0.29, 0.717) is 19.3 Å². The van der Waals surface area contributed by atoms with Crippen LogP contribution in [0.5, 0.6) is 0 Å². The molecule has 0 atom stereocenters. The number of amides is 1. The van der Waals surface area contributed by atoms with Gasteiger partial charge in [0.05, 0.1) is 4.92 Å². The first-order valence-corrected chi connectivity index (χ1v) is 5.76. The van der Waals surface area contributed by atoms with Gasteiger partial charge in [0.15, 0.2) is 0 Å². The molecule has 0 heterocycles. The summed E-state index contributed by atoms with van der Waals surface area (Å²) >= 11 is 0. The number of carboxylic acids is 1. The molecule has 2 rings (SSSR count). The number of carbonyl (C=O) groups excluding carboxylic acids is 1. The maximum atomic E-state index is 12.0. The third-order valence-electron chi connectivity index (χ3n) is 3.31. The zero-order valence-corrected chi connectivity index (χ0v) is 9.96. The molecule has 0 aromatic heterocycles. The highest BCUT2D eigenvalue weighted by Crippen LogP contribution is 2.32. The van der Waals surface area contributed by atoms with Gasteiger partial charge in [-0.05, 0) is 25.3 Å². The van der Waals surface area contributed by atoms with E-state index in [-0.39, 0.29) is 11.3 Å². The van der Waals surface area contributed by atoms with E-state index in [1.54, 1.807) is 0 Å². The van der Waals surface area contributed by atoms with Crippen molar-refractivity contribution in [2.24, 2.45) is 0 Å². The van der Waals surface area contributed by atoms with Crippen LogP contribution in [-0.4, -0.2) is 27.4 Å². The van der Waals surface area contributed by atoms with Gasteiger partial charge in [0, 0.05) is 6.07 Å². The molecule has 1 saturated carbocycles. The van der Waals surface area contributed by atoms with E-state index in [9.17, 15) is 19.7 Å². The maximum absolute atomic E-state index is 12.0. The molecule has 1 aromatic carbocycles. The Morgan fingerprint density at radius 3 is 2.42 bits per heavy atom. The third-order valence-corrected chi connectivity index (χ3v) is 3.31. The quantitative estimate of drug-likeness (QED) is 0.629. The molecule has 0 radical (unpaired) electrons. The first-order chi connectivity index (χ1) is 8.96. The molecule has 1 amide bonds. The van der Waals surface area contributed by atoms with Crippen LogP contribution < -0.4 is 5.32 Å². The summed E-state index contributed by atoms with van der Waals surface area (Å²) in [6.07, 6.45) is 1.40. The van der Waals surface area contributed by atoms with Gasteiger partial charge in [-0.25, -0.2) is 4.79 Å². The Morgan fingerprint density at radius 2 is 1.95 bits per heavy atom. The highest BCUT2D eigenvalue weighted by molar-refractivity contribution is 6.01. The minimum atomic E-state index is -1.28. The highest BCUT2D eigenvalue weighted by Gasteiger charge is 2.46. The Bertz CT molecular complexity index is 551. The second-order valence-corrected chi connectivity index (χ2v) is 4.47. The van der Waals surface area contributed by atoms with Crippen LogP contribution in [-0.2, 0) is 4.79 Å². The highest BCUT2D eigenvalue weighted by atomic mass is 16.6. The molecular formula is C12H12N2O5. The van der Waals surface area contributed by atoms with Crippen LogP contribution >= 0.6 is 0 Å². The molecule has 0 saturated heterocycles. The number of carboxylic acid groups (broad SMARTS) is 1. The minimum absolute atomic E-state index is 0.125. The van der Waals surface area contributed by atoms with Gasteiger partial charge in [0.1, 0.15) is 11.1 Å². The van der Waals surface area contributed by atoms with Gasteiger partial charge in [0.2, 0.25) is 0 Å². The molecule has 0 unspecified atom stereocenters. The van der Waals surface area contributed by atoms with Gasteiger partial charge < -0.3 is 10.4 Å². The summed E-state index contributed by atoms with van der Waals surface area (Å²) in [6, 6.07) is 5.46. The van der Waals surface area contributed by atoms with Gasteiger partial charge >= 0.3 is 5.97 Å². The summed E-state index contributed by atoms with van der Waals surface area (Å²) < 4.78 is 0. The maximum Gasteiger partial charge on any atom is 0.329 e. The number of hydrogen-bond acceptors (Lipinski definition) is 4. The molecule has 1 aromatic rings. The average molecular weight is 264 g/mol. The number of nitro benzene ring substituents is 1. The van der Waals surface area contributed by atoms with Crippen molar-refractivity contribution in [2.75, 3.05) is 0 Å². The summed E-state index contributed by atoms with van der Waals surface area (Å²) in [5, 5.41) is 22.3. The Kier molecular flexibility index (Phi) is 3.20. The zero-order valence-electron chi connectivity index (χ0n) is 9.96. The van der Waals surface area contributed by atoms with Gasteiger partial charge in [-0.2, -0.15) is 0 Å². The number of carbonyl (C=O) groups is 2. The first kappa shape index (κ1) is 13.0. The van der Waals surface area contributed by atoms with E-state index >= 15 is 0 Å². The second-order valence-electron chi connectivity index (χ2n) is 4.47. The number of nitrogens with one attached hydrogen (secondary N) is 1. The van der Waals surface area contributed by atoms with Crippen molar-refractivity contribution in [3.05, 3.63) is 39.9 Å². The zero-order chi connectivity index (χ0) is 14.0. The summed E-state index contributed by atoms with van der Waals surface area (Å²) in [6.45, 7) is 0. The summed E-state index contributed by atoms with van der Waals surface area (Å²) in [4.78, 5) is 33.3.